The number of ether oxygens (including phenoxy) is 1. The summed E-state index contributed by atoms with van der Waals surface area (Å²) in [4.78, 5) is 2.16. The molecule has 0 fully saturated rings. The van der Waals surface area contributed by atoms with Crippen LogP contribution in [-0.4, -0.2) is 32.1 Å². The van der Waals surface area contributed by atoms with E-state index in [9.17, 15) is 0 Å². The number of hydrogen-bond donors (Lipinski definition) is 0. The van der Waals surface area contributed by atoms with E-state index in [0.717, 1.165) is 13.2 Å². The molecule has 0 amide bonds. The van der Waals surface area contributed by atoms with Crippen LogP contribution in [0.2, 0.25) is 0 Å². The van der Waals surface area contributed by atoms with Crippen molar-refractivity contribution >= 4 is 0 Å². The normalized spacial score (nSPS) is 15.4. The molecule has 2 aromatic rings. The number of fused-ring (bicyclic) bond motifs is 1. The van der Waals surface area contributed by atoms with Gasteiger partial charge in [0, 0.05) is 6.54 Å². The number of aryl methyl sites for hydroxylation is 2. The average Bonchev–Trinajstić information content (AvgIpc) is 2.59. The Hall–Kier alpha value is -1.64. The van der Waals surface area contributed by atoms with Crippen LogP contribution in [0.1, 0.15) is 41.2 Å². The van der Waals surface area contributed by atoms with Crippen LogP contribution in [0.5, 0.6) is 0 Å². The summed E-state index contributed by atoms with van der Waals surface area (Å²) in [6.45, 7) is 1.68. The summed E-state index contributed by atoms with van der Waals surface area (Å²) in [5, 5.41) is 0. The van der Waals surface area contributed by atoms with Crippen molar-refractivity contribution in [1.29, 1.82) is 0 Å². The van der Waals surface area contributed by atoms with E-state index < -0.39 is 0 Å². The molecule has 0 spiro atoms. The molecule has 1 aliphatic rings. The number of nitrogens with zero attached hydrogens (tertiary/aromatic N) is 1. The van der Waals surface area contributed by atoms with Crippen molar-refractivity contribution in [3.63, 3.8) is 0 Å². The monoisotopic (exact) mass is 309 g/mol. The van der Waals surface area contributed by atoms with Crippen LogP contribution in [-0.2, 0) is 17.6 Å². The van der Waals surface area contributed by atoms with E-state index in [2.05, 4.69) is 67.5 Å². The highest BCUT2D eigenvalue weighted by Crippen LogP contribution is 2.30. The molecule has 0 saturated carbocycles. The minimum absolute atomic E-state index is 0.0309. The van der Waals surface area contributed by atoms with Crippen molar-refractivity contribution in [3.05, 3.63) is 70.8 Å². The summed E-state index contributed by atoms with van der Waals surface area (Å²) < 4.78 is 6.27. The Bertz CT molecular complexity index is 621. The number of hydrogen-bond acceptors (Lipinski definition) is 2. The fraction of sp³-hybridized carbons (Fsp3) is 0.429. The van der Waals surface area contributed by atoms with Crippen molar-refractivity contribution < 1.29 is 4.74 Å². The predicted octanol–water partition coefficient (Wildman–Crippen LogP) is 4.23. The smallest absolute Gasteiger partial charge is 0.108 e. The van der Waals surface area contributed by atoms with Gasteiger partial charge in [0.05, 0.1) is 6.61 Å². The van der Waals surface area contributed by atoms with Gasteiger partial charge < -0.3 is 9.64 Å². The lowest BCUT2D eigenvalue weighted by Crippen LogP contribution is -2.20. The van der Waals surface area contributed by atoms with Gasteiger partial charge >= 0.3 is 0 Å². The first-order valence-electron chi connectivity index (χ1n) is 8.67. The predicted molar refractivity (Wildman–Crippen MR) is 95.9 cm³/mol. The fourth-order valence-corrected chi connectivity index (χ4v) is 3.28. The van der Waals surface area contributed by atoms with Gasteiger partial charge in [-0.25, -0.2) is 0 Å². The Kier molecular flexibility index (Phi) is 5.47. The molecule has 2 heteroatoms. The molecular weight excluding hydrogens is 282 g/mol. The summed E-state index contributed by atoms with van der Waals surface area (Å²) in [6.07, 6.45) is 5.11. The zero-order valence-corrected chi connectivity index (χ0v) is 14.3. The topological polar surface area (TPSA) is 12.5 Å². The molecule has 1 unspecified atom stereocenters. The molecule has 0 N–H and O–H groups in total. The first-order valence-corrected chi connectivity index (χ1v) is 8.67. The highest BCUT2D eigenvalue weighted by Gasteiger charge is 2.17. The van der Waals surface area contributed by atoms with Gasteiger partial charge in [0.1, 0.15) is 6.10 Å². The van der Waals surface area contributed by atoms with Crippen LogP contribution in [0.3, 0.4) is 0 Å². The van der Waals surface area contributed by atoms with Gasteiger partial charge in [-0.1, -0.05) is 48.5 Å². The number of likely N-dealkylation sites (N-methyl/N-ethyl adjacent to an activating group) is 1. The van der Waals surface area contributed by atoms with E-state index in [0.29, 0.717) is 0 Å². The second kappa shape index (κ2) is 7.76. The lowest BCUT2D eigenvalue weighted by molar-refractivity contribution is 0.0686. The molecule has 0 heterocycles. The summed E-state index contributed by atoms with van der Waals surface area (Å²) in [6, 6.07) is 17.5. The van der Waals surface area contributed by atoms with E-state index in [1.54, 1.807) is 0 Å². The molecule has 0 aromatic heterocycles. The van der Waals surface area contributed by atoms with Crippen molar-refractivity contribution in [2.75, 3.05) is 27.2 Å². The zero-order valence-electron chi connectivity index (χ0n) is 14.3. The van der Waals surface area contributed by atoms with Gasteiger partial charge in [0.2, 0.25) is 0 Å². The van der Waals surface area contributed by atoms with Crippen LogP contribution in [0, 0.1) is 0 Å². The number of rotatable bonds is 6. The summed E-state index contributed by atoms with van der Waals surface area (Å²) in [5.41, 5.74) is 5.57. The standard InChI is InChI=1S/C21H27NO/c1-22(2)14-15-23-21(18-9-4-3-5-10-18)20-13-12-17-8-6-7-11-19(17)16-20/h3-5,9-10,12-13,16,21H,6-8,11,14-15H2,1-2H3. The molecule has 2 nitrogen and oxygen atoms in total. The molecule has 0 radical (unpaired) electrons. The first-order chi connectivity index (χ1) is 11.2. The Balaban J connectivity index is 1.85. The molecule has 23 heavy (non-hydrogen) atoms. The molecule has 0 saturated heterocycles. The summed E-state index contributed by atoms with van der Waals surface area (Å²) >= 11 is 0. The summed E-state index contributed by atoms with van der Waals surface area (Å²) in [7, 11) is 4.17. The molecule has 0 aliphatic heterocycles. The minimum atomic E-state index is 0.0309. The molecule has 2 aromatic carbocycles. The maximum Gasteiger partial charge on any atom is 0.108 e. The first kappa shape index (κ1) is 16.2. The highest BCUT2D eigenvalue weighted by molar-refractivity contribution is 5.38. The summed E-state index contributed by atoms with van der Waals surface area (Å²) in [5.74, 6) is 0. The van der Waals surface area contributed by atoms with Gasteiger partial charge in [0.25, 0.3) is 0 Å². The maximum atomic E-state index is 6.27. The van der Waals surface area contributed by atoms with Gasteiger partial charge in [-0.05, 0) is 62.0 Å². The average molecular weight is 309 g/mol. The van der Waals surface area contributed by atoms with E-state index in [4.69, 9.17) is 4.74 Å². The molecule has 3 rings (SSSR count). The third kappa shape index (κ3) is 4.21. The van der Waals surface area contributed by atoms with Crippen LogP contribution in [0.4, 0.5) is 0 Å². The van der Waals surface area contributed by atoms with Crippen molar-refractivity contribution in [1.82, 2.24) is 4.90 Å². The second-order valence-electron chi connectivity index (χ2n) is 6.70. The van der Waals surface area contributed by atoms with Crippen LogP contribution < -0.4 is 0 Å². The molecule has 122 valence electrons. The lowest BCUT2D eigenvalue weighted by Gasteiger charge is -2.23. The van der Waals surface area contributed by atoms with Crippen LogP contribution >= 0.6 is 0 Å². The maximum absolute atomic E-state index is 6.27. The third-order valence-corrected chi connectivity index (χ3v) is 4.60. The van der Waals surface area contributed by atoms with E-state index in [1.165, 1.54) is 47.9 Å². The fourth-order valence-electron chi connectivity index (χ4n) is 3.28. The van der Waals surface area contributed by atoms with Gasteiger partial charge in [-0.2, -0.15) is 0 Å². The van der Waals surface area contributed by atoms with E-state index >= 15 is 0 Å². The quantitative estimate of drug-likeness (QED) is 0.791. The SMILES string of the molecule is CN(C)CCOC(c1ccccc1)c1ccc2c(c1)CCCC2. The third-order valence-electron chi connectivity index (χ3n) is 4.60. The van der Waals surface area contributed by atoms with E-state index in [-0.39, 0.29) is 6.10 Å². The Labute approximate surface area is 140 Å². The number of benzene rings is 2. The Morgan fingerprint density at radius 1 is 0.913 bits per heavy atom. The zero-order chi connectivity index (χ0) is 16.1. The van der Waals surface area contributed by atoms with Gasteiger partial charge in [-0.15, -0.1) is 0 Å². The van der Waals surface area contributed by atoms with E-state index in [1.807, 2.05) is 0 Å². The van der Waals surface area contributed by atoms with Crippen molar-refractivity contribution in [2.24, 2.45) is 0 Å². The van der Waals surface area contributed by atoms with Gasteiger partial charge in [-0.3, -0.25) is 0 Å². The largest absolute Gasteiger partial charge is 0.367 e. The lowest BCUT2D eigenvalue weighted by atomic mass is 9.88. The van der Waals surface area contributed by atoms with Crippen molar-refractivity contribution in [3.8, 4) is 0 Å². The highest BCUT2D eigenvalue weighted by atomic mass is 16.5. The molecule has 1 atom stereocenters. The Morgan fingerprint density at radius 2 is 1.65 bits per heavy atom. The second-order valence-corrected chi connectivity index (χ2v) is 6.70. The van der Waals surface area contributed by atoms with Crippen molar-refractivity contribution in [2.45, 2.75) is 31.8 Å². The van der Waals surface area contributed by atoms with Gasteiger partial charge in [0.15, 0.2) is 0 Å². The Morgan fingerprint density at radius 3 is 2.39 bits per heavy atom. The minimum Gasteiger partial charge on any atom is -0.367 e. The molecular formula is C21H27NO. The van der Waals surface area contributed by atoms with Crippen LogP contribution in [0.15, 0.2) is 48.5 Å². The van der Waals surface area contributed by atoms with Crippen LogP contribution in [0.25, 0.3) is 0 Å². The molecule has 1 aliphatic carbocycles. The molecule has 0 bridgehead atoms.